The lowest BCUT2D eigenvalue weighted by atomic mass is 10.2. The van der Waals surface area contributed by atoms with Gasteiger partial charge in [-0.05, 0) is 37.9 Å². The van der Waals surface area contributed by atoms with Crippen molar-refractivity contribution in [2.45, 2.75) is 30.2 Å². The minimum Gasteiger partial charge on any atom is -0.497 e. The van der Waals surface area contributed by atoms with Crippen LogP contribution in [0.15, 0.2) is 23.1 Å². The third kappa shape index (κ3) is 4.09. The molecule has 1 heterocycles. The number of methoxy groups -OCH3 is 2. The molecule has 21 heavy (non-hydrogen) atoms. The van der Waals surface area contributed by atoms with Gasteiger partial charge in [-0.15, -0.1) is 0 Å². The topological polar surface area (TPSA) is 76.7 Å². The van der Waals surface area contributed by atoms with Crippen molar-refractivity contribution in [1.29, 1.82) is 0 Å². The summed E-state index contributed by atoms with van der Waals surface area (Å²) in [5.41, 5.74) is 0. The summed E-state index contributed by atoms with van der Waals surface area (Å²) in [6, 6.07) is 5.13. The van der Waals surface area contributed by atoms with Crippen molar-refractivity contribution in [1.82, 2.24) is 10.0 Å². The highest BCUT2D eigenvalue weighted by Gasteiger charge is 2.21. The molecule has 6 nitrogen and oxygen atoms in total. The van der Waals surface area contributed by atoms with Gasteiger partial charge in [0.15, 0.2) is 0 Å². The Balaban J connectivity index is 2.06. The molecule has 118 valence electrons. The molecule has 7 heteroatoms. The highest BCUT2D eigenvalue weighted by atomic mass is 32.2. The van der Waals surface area contributed by atoms with Gasteiger partial charge < -0.3 is 14.8 Å². The third-order valence-electron chi connectivity index (χ3n) is 3.61. The molecule has 1 saturated heterocycles. The lowest BCUT2D eigenvalue weighted by Gasteiger charge is -2.14. The molecule has 1 aromatic rings. The molecule has 1 atom stereocenters. The van der Waals surface area contributed by atoms with Crippen molar-refractivity contribution in [2.24, 2.45) is 0 Å². The van der Waals surface area contributed by atoms with Gasteiger partial charge in [0.2, 0.25) is 10.0 Å². The number of rotatable bonds is 7. The van der Waals surface area contributed by atoms with Crippen molar-refractivity contribution < 1.29 is 17.9 Å². The summed E-state index contributed by atoms with van der Waals surface area (Å²) < 4.78 is 37.6. The molecule has 1 unspecified atom stereocenters. The highest BCUT2D eigenvalue weighted by molar-refractivity contribution is 7.89. The molecule has 1 aliphatic rings. The molecule has 1 fully saturated rings. The minimum absolute atomic E-state index is 0.101. The third-order valence-corrected chi connectivity index (χ3v) is 5.09. The standard InChI is InChI=1S/C14H22N2O4S/c1-19-12-5-6-13(20-2)14(10-12)21(17,18)16-9-7-11-4-3-8-15-11/h5-6,10-11,15-16H,3-4,7-9H2,1-2H3. The average molecular weight is 314 g/mol. The zero-order valence-corrected chi connectivity index (χ0v) is 13.2. The van der Waals surface area contributed by atoms with Crippen molar-refractivity contribution >= 4 is 10.0 Å². The van der Waals surface area contributed by atoms with E-state index in [1.165, 1.54) is 20.3 Å². The number of hydrogen-bond donors (Lipinski definition) is 2. The van der Waals surface area contributed by atoms with E-state index >= 15 is 0 Å². The Hall–Kier alpha value is -1.31. The fraction of sp³-hybridized carbons (Fsp3) is 0.571. The van der Waals surface area contributed by atoms with Gasteiger partial charge in [-0.3, -0.25) is 0 Å². The van der Waals surface area contributed by atoms with E-state index in [2.05, 4.69) is 10.0 Å². The van der Waals surface area contributed by atoms with Crippen LogP contribution in [-0.4, -0.2) is 41.8 Å². The number of hydrogen-bond acceptors (Lipinski definition) is 5. The summed E-state index contributed by atoms with van der Waals surface area (Å²) in [4.78, 5) is 0.101. The van der Waals surface area contributed by atoms with Crippen LogP contribution in [0, 0.1) is 0 Å². The lowest BCUT2D eigenvalue weighted by molar-refractivity contribution is 0.392. The fourth-order valence-corrected chi connectivity index (χ4v) is 3.67. The summed E-state index contributed by atoms with van der Waals surface area (Å²) >= 11 is 0. The quantitative estimate of drug-likeness (QED) is 0.789. The van der Waals surface area contributed by atoms with E-state index in [0.29, 0.717) is 24.1 Å². The van der Waals surface area contributed by atoms with Gasteiger partial charge in [0, 0.05) is 18.7 Å². The number of ether oxygens (including phenoxy) is 2. The molecule has 0 radical (unpaired) electrons. The van der Waals surface area contributed by atoms with E-state index in [4.69, 9.17) is 9.47 Å². The van der Waals surface area contributed by atoms with Crippen LogP contribution in [-0.2, 0) is 10.0 Å². The molecule has 0 bridgehead atoms. The molecule has 0 spiro atoms. The fourth-order valence-electron chi connectivity index (χ4n) is 2.44. The monoisotopic (exact) mass is 314 g/mol. The van der Waals surface area contributed by atoms with Gasteiger partial charge >= 0.3 is 0 Å². The van der Waals surface area contributed by atoms with Crippen LogP contribution in [0.3, 0.4) is 0 Å². The summed E-state index contributed by atoms with van der Waals surface area (Å²) in [7, 11) is -0.665. The summed E-state index contributed by atoms with van der Waals surface area (Å²) in [6.07, 6.45) is 3.04. The first-order valence-electron chi connectivity index (χ1n) is 7.02. The Morgan fingerprint density at radius 3 is 2.76 bits per heavy atom. The zero-order valence-electron chi connectivity index (χ0n) is 12.4. The Labute approximate surface area is 125 Å². The maximum Gasteiger partial charge on any atom is 0.244 e. The average Bonchev–Trinajstić information content (AvgIpc) is 2.99. The number of sulfonamides is 1. The summed E-state index contributed by atoms with van der Waals surface area (Å²) in [6.45, 7) is 1.42. The smallest absolute Gasteiger partial charge is 0.244 e. The Bertz CT molecular complexity index is 568. The second kappa shape index (κ2) is 7.11. The minimum atomic E-state index is -3.61. The van der Waals surface area contributed by atoms with Crippen LogP contribution < -0.4 is 19.5 Å². The van der Waals surface area contributed by atoms with Gasteiger partial charge in [0.1, 0.15) is 16.4 Å². The molecule has 0 aliphatic carbocycles. The van der Waals surface area contributed by atoms with Crippen LogP contribution in [0.2, 0.25) is 0 Å². The molecule has 0 amide bonds. The molecular formula is C14H22N2O4S. The molecule has 0 saturated carbocycles. The Morgan fingerprint density at radius 1 is 1.33 bits per heavy atom. The summed E-state index contributed by atoms with van der Waals surface area (Å²) in [5.74, 6) is 0.788. The van der Waals surface area contributed by atoms with E-state index in [-0.39, 0.29) is 4.90 Å². The van der Waals surface area contributed by atoms with Crippen LogP contribution in [0.5, 0.6) is 11.5 Å². The van der Waals surface area contributed by atoms with Gasteiger partial charge in [-0.2, -0.15) is 0 Å². The maximum atomic E-state index is 12.4. The highest BCUT2D eigenvalue weighted by Crippen LogP contribution is 2.27. The van der Waals surface area contributed by atoms with E-state index in [1.807, 2.05) is 0 Å². The van der Waals surface area contributed by atoms with Gasteiger partial charge in [0.25, 0.3) is 0 Å². The second-order valence-electron chi connectivity index (χ2n) is 5.00. The Kier molecular flexibility index (Phi) is 5.44. The first-order valence-corrected chi connectivity index (χ1v) is 8.50. The molecule has 2 N–H and O–H groups in total. The van der Waals surface area contributed by atoms with E-state index < -0.39 is 10.0 Å². The maximum absolute atomic E-state index is 12.4. The van der Waals surface area contributed by atoms with Gasteiger partial charge in [-0.1, -0.05) is 0 Å². The predicted molar refractivity (Wildman–Crippen MR) is 80.4 cm³/mol. The Morgan fingerprint density at radius 2 is 2.14 bits per heavy atom. The SMILES string of the molecule is COc1ccc(OC)c(S(=O)(=O)NCCC2CCCN2)c1. The van der Waals surface area contributed by atoms with Crippen molar-refractivity contribution in [3.63, 3.8) is 0 Å². The normalized spacial score (nSPS) is 18.7. The van der Waals surface area contributed by atoms with Crippen LogP contribution in [0.1, 0.15) is 19.3 Å². The number of benzene rings is 1. The molecule has 0 aromatic heterocycles. The lowest BCUT2D eigenvalue weighted by Crippen LogP contribution is -2.30. The van der Waals surface area contributed by atoms with E-state index in [9.17, 15) is 8.42 Å². The largest absolute Gasteiger partial charge is 0.497 e. The van der Waals surface area contributed by atoms with Crippen LogP contribution in [0.25, 0.3) is 0 Å². The predicted octanol–water partition coefficient (Wildman–Crippen LogP) is 1.12. The van der Waals surface area contributed by atoms with Crippen molar-refractivity contribution in [2.75, 3.05) is 27.3 Å². The first-order chi connectivity index (χ1) is 10.1. The summed E-state index contributed by atoms with van der Waals surface area (Å²) in [5, 5.41) is 3.34. The van der Waals surface area contributed by atoms with Crippen LogP contribution in [0.4, 0.5) is 0 Å². The van der Waals surface area contributed by atoms with Gasteiger partial charge in [-0.25, -0.2) is 13.1 Å². The molecular weight excluding hydrogens is 292 g/mol. The second-order valence-corrected chi connectivity index (χ2v) is 6.73. The zero-order chi connectivity index (χ0) is 15.3. The number of nitrogens with one attached hydrogen (secondary N) is 2. The first kappa shape index (κ1) is 16.1. The molecule has 2 rings (SSSR count). The van der Waals surface area contributed by atoms with E-state index in [0.717, 1.165) is 25.8 Å². The van der Waals surface area contributed by atoms with Crippen molar-refractivity contribution in [3.05, 3.63) is 18.2 Å². The van der Waals surface area contributed by atoms with Crippen molar-refractivity contribution in [3.8, 4) is 11.5 Å². The van der Waals surface area contributed by atoms with E-state index in [1.54, 1.807) is 12.1 Å². The van der Waals surface area contributed by atoms with Crippen LogP contribution >= 0.6 is 0 Å². The van der Waals surface area contributed by atoms with Gasteiger partial charge in [0.05, 0.1) is 14.2 Å². The molecule has 1 aromatic carbocycles. The molecule has 1 aliphatic heterocycles.